The van der Waals surface area contributed by atoms with Crippen LogP contribution in [0, 0.1) is 10.1 Å². The lowest BCUT2D eigenvalue weighted by Crippen LogP contribution is -2.06. The number of hydrogen-bond donors (Lipinski definition) is 1. The van der Waals surface area contributed by atoms with E-state index in [2.05, 4.69) is 4.98 Å². The number of nitrogens with zero attached hydrogens (tertiary/aromatic N) is 3. The molecule has 1 aromatic carbocycles. The Labute approximate surface area is 138 Å². The van der Waals surface area contributed by atoms with Gasteiger partial charge in [-0.15, -0.1) is 0 Å². The van der Waals surface area contributed by atoms with Crippen molar-refractivity contribution in [2.75, 3.05) is 13.2 Å². The number of aromatic nitrogens is 2. The van der Waals surface area contributed by atoms with Gasteiger partial charge in [0.15, 0.2) is 0 Å². The molecule has 0 saturated carbocycles. The third kappa shape index (κ3) is 2.93. The molecule has 0 unspecified atom stereocenters. The van der Waals surface area contributed by atoms with E-state index in [1.54, 1.807) is 10.5 Å². The molecule has 0 aliphatic carbocycles. The zero-order valence-electron chi connectivity index (χ0n) is 13.3. The number of ether oxygens (including phenoxy) is 1. The molecule has 0 aliphatic heterocycles. The predicted octanol–water partition coefficient (Wildman–Crippen LogP) is 2.81. The molecule has 2 heterocycles. The van der Waals surface area contributed by atoms with Crippen molar-refractivity contribution in [1.82, 2.24) is 9.38 Å². The fourth-order valence-corrected chi connectivity index (χ4v) is 2.67. The fraction of sp³-hybridized carbons (Fsp3) is 0.235. The van der Waals surface area contributed by atoms with Crippen molar-refractivity contribution in [3.05, 3.63) is 58.4 Å². The van der Waals surface area contributed by atoms with Crippen LogP contribution in [0.4, 0.5) is 5.69 Å². The van der Waals surface area contributed by atoms with Gasteiger partial charge in [0.2, 0.25) is 0 Å². The van der Waals surface area contributed by atoms with E-state index in [1.165, 1.54) is 12.3 Å². The maximum absolute atomic E-state index is 11.0. The molecule has 3 aromatic rings. The summed E-state index contributed by atoms with van der Waals surface area (Å²) in [5.41, 5.74) is 8.98. The highest BCUT2D eigenvalue weighted by molar-refractivity contribution is 5.67. The number of fused-ring (bicyclic) bond motifs is 1. The minimum Gasteiger partial charge on any atom is -0.494 e. The fourth-order valence-electron chi connectivity index (χ4n) is 2.67. The standard InChI is InChI=1S/C17H18N4O3/c1-2-24-14-6-3-12(4-7-14)17-15(9-10-18)20-11-13(21(22)23)5-8-16(20)19-17/h3-8,11H,2,9-10,18H2,1H3. The number of nitrogens with two attached hydrogens (primary N) is 1. The number of hydrogen-bond acceptors (Lipinski definition) is 5. The molecule has 0 radical (unpaired) electrons. The lowest BCUT2D eigenvalue weighted by Gasteiger charge is -2.06. The zero-order chi connectivity index (χ0) is 17.1. The molecule has 0 saturated heterocycles. The van der Waals surface area contributed by atoms with Crippen LogP contribution in [0.15, 0.2) is 42.6 Å². The molecule has 3 rings (SSSR count). The van der Waals surface area contributed by atoms with Crippen LogP contribution in [-0.4, -0.2) is 27.5 Å². The average Bonchev–Trinajstić information content (AvgIpc) is 2.94. The first kappa shape index (κ1) is 15.9. The first-order valence-electron chi connectivity index (χ1n) is 7.72. The van der Waals surface area contributed by atoms with E-state index in [1.807, 2.05) is 31.2 Å². The second kappa shape index (κ2) is 6.67. The number of benzene rings is 1. The Morgan fingerprint density at radius 1 is 1.25 bits per heavy atom. The first-order valence-corrected chi connectivity index (χ1v) is 7.72. The molecule has 0 bridgehead atoms. The molecule has 2 aromatic heterocycles. The summed E-state index contributed by atoms with van der Waals surface area (Å²) in [6.45, 7) is 2.97. The summed E-state index contributed by atoms with van der Waals surface area (Å²) in [5.74, 6) is 0.793. The van der Waals surface area contributed by atoms with Crippen molar-refractivity contribution in [1.29, 1.82) is 0 Å². The molecule has 0 fully saturated rings. The molecule has 7 nitrogen and oxygen atoms in total. The second-order valence-corrected chi connectivity index (χ2v) is 5.28. The van der Waals surface area contributed by atoms with Crippen LogP contribution in [0.1, 0.15) is 12.6 Å². The van der Waals surface area contributed by atoms with E-state index in [9.17, 15) is 10.1 Å². The first-order chi connectivity index (χ1) is 11.6. The Morgan fingerprint density at radius 2 is 2.00 bits per heavy atom. The predicted molar refractivity (Wildman–Crippen MR) is 91.2 cm³/mol. The number of rotatable bonds is 6. The Kier molecular flexibility index (Phi) is 4.43. The molecule has 24 heavy (non-hydrogen) atoms. The largest absolute Gasteiger partial charge is 0.494 e. The Morgan fingerprint density at radius 3 is 2.62 bits per heavy atom. The number of nitro groups is 1. The van der Waals surface area contributed by atoms with Crippen LogP contribution in [-0.2, 0) is 6.42 Å². The third-order valence-electron chi connectivity index (χ3n) is 3.73. The molecule has 0 spiro atoms. The summed E-state index contributed by atoms with van der Waals surface area (Å²) in [7, 11) is 0. The lowest BCUT2D eigenvalue weighted by atomic mass is 10.1. The summed E-state index contributed by atoms with van der Waals surface area (Å²) >= 11 is 0. The van der Waals surface area contributed by atoms with Crippen LogP contribution in [0.25, 0.3) is 16.9 Å². The van der Waals surface area contributed by atoms with E-state index in [-0.39, 0.29) is 5.69 Å². The molecule has 0 amide bonds. The molecular formula is C17H18N4O3. The van der Waals surface area contributed by atoms with Gasteiger partial charge in [0.05, 0.1) is 29.1 Å². The Balaban J connectivity index is 2.12. The summed E-state index contributed by atoms with van der Waals surface area (Å²) in [6, 6.07) is 10.7. The van der Waals surface area contributed by atoms with Gasteiger partial charge in [0.25, 0.3) is 5.69 Å². The minimum absolute atomic E-state index is 0.0245. The van der Waals surface area contributed by atoms with E-state index >= 15 is 0 Å². The van der Waals surface area contributed by atoms with Gasteiger partial charge in [-0.1, -0.05) is 0 Å². The maximum Gasteiger partial charge on any atom is 0.286 e. The van der Waals surface area contributed by atoms with Crippen LogP contribution >= 0.6 is 0 Å². The smallest absolute Gasteiger partial charge is 0.286 e. The molecule has 0 aliphatic rings. The molecule has 7 heteroatoms. The van der Waals surface area contributed by atoms with E-state index in [0.717, 1.165) is 22.7 Å². The van der Waals surface area contributed by atoms with Crippen molar-refractivity contribution >= 4 is 11.3 Å². The summed E-state index contributed by atoms with van der Waals surface area (Å²) < 4.78 is 7.20. The van der Waals surface area contributed by atoms with Gasteiger partial charge < -0.3 is 10.5 Å². The van der Waals surface area contributed by atoms with Gasteiger partial charge in [-0.3, -0.25) is 14.5 Å². The van der Waals surface area contributed by atoms with E-state index < -0.39 is 4.92 Å². The average molecular weight is 326 g/mol. The Bertz CT molecular complexity index is 871. The summed E-state index contributed by atoms with van der Waals surface area (Å²) in [4.78, 5) is 15.2. The van der Waals surface area contributed by atoms with Crippen molar-refractivity contribution < 1.29 is 9.66 Å². The van der Waals surface area contributed by atoms with Crippen molar-refractivity contribution in [2.45, 2.75) is 13.3 Å². The Hall–Kier alpha value is -2.93. The number of pyridine rings is 1. The quantitative estimate of drug-likeness (QED) is 0.555. The SMILES string of the molecule is CCOc1ccc(-c2nc3ccc([N+](=O)[O-])cn3c2CCN)cc1. The van der Waals surface area contributed by atoms with Gasteiger partial charge in [0.1, 0.15) is 11.4 Å². The van der Waals surface area contributed by atoms with Gasteiger partial charge in [-0.05, 0) is 43.8 Å². The zero-order valence-corrected chi connectivity index (χ0v) is 13.3. The molecule has 0 atom stereocenters. The van der Waals surface area contributed by atoms with Crippen LogP contribution < -0.4 is 10.5 Å². The monoisotopic (exact) mass is 326 g/mol. The van der Waals surface area contributed by atoms with Crippen molar-refractivity contribution in [2.24, 2.45) is 5.73 Å². The van der Waals surface area contributed by atoms with Crippen LogP contribution in [0.5, 0.6) is 5.75 Å². The molecular weight excluding hydrogens is 308 g/mol. The maximum atomic E-state index is 11.0. The normalized spacial score (nSPS) is 10.9. The van der Waals surface area contributed by atoms with Gasteiger partial charge in [-0.25, -0.2) is 4.98 Å². The summed E-state index contributed by atoms with van der Waals surface area (Å²) in [6.07, 6.45) is 2.07. The molecule has 124 valence electrons. The second-order valence-electron chi connectivity index (χ2n) is 5.28. The van der Waals surface area contributed by atoms with Crippen LogP contribution in [0.2, 0.25) is 0 Å². The highest BCUT2D eigenvalue weighted by Gasteiger charge is 2.16. The van der Waals surface area contributed by atoms with E-state index in [4.69, 9.17) is 10.5 Å². The highest BCUT2D eigenvalue weighted by Crippen LogP contribution is 2.28. The highest BCUT2D eigenvalue weighted by atomic mass is 16.6. The van der Waals surface area contributed by atoms with Gasteiger partial charge in [0, 0.05) is 18.1 Å². The van der Waals surface area contributed by atoms with Crippen molar-refractivity contribution in [3.63, 3.8) is 0 Å². The third-order valence-corrected chi connectivity index (χ3v) is 3.73. The molecule has 2 N–H and O–H groups in total. The number of imidazole rings is 1. The van der Waals surface area contributed by atoms with Crippen LogP contribution in [0.3, 0.4) is 0 Å². The topological polar surface area (TPSA) is 95.7 Å². The van der Waals surface area contributed by atoms with Crippen molar-refractivity contribution in [3.8, 4) is 17.0 Å². The lowest BCUT2D eigenvalue weighted by molar-refractivity contribution is -0.385. The van der Waals surface area contributed by atoms with E-state index in [0.29, 0.717) is 25.2 Å². The van der Waals surface area contributed by atoms with Gasteiger partial charge in [-0.2, -0.15) is 0 Å². The minimum atomic E-state index is -0.414. The summed E-state index contributed by atoms with van der Waals surface area (Å²) in [5, 5.41) is 11.0. The van der Waals surface area contributed by atoms with Gasteiger partial charge >= 0.3 is 0 Å².